The van der Waals surface area contributed by atoms with Crippen molar-refractivity contribution in [1.82, 2.24) is 10.2 Å². The lowest BCUT2D eigenvalue weighted by molar-refractivity contribution is -0.139. The number of likely N-dealkylation sites (N-methyl/N-ethyl adjacent to an activating group) is 1. The number of nitrogens with one attached hydrogen (secondary N) is 1. The third-order valence-electron chi connectivity index (χ3n) is 5.45. The summed E-state index contributed by atoms with van der Waals surface area (Å²) in [6.45, 7) is 1.56. The number of sulfonamides is 1. The molecule has 0 saturated heterocycles. The van der Waals surface area contributed by atoms with Crippen molar-refractivity contribution in [3.63, 3.8) is 0 Å². The van der Waals surface area contributed by atoms with E-state index in [1.54, 1.807) is 12.1 Å². The highest BCUT2D eigenvalue weighted by Gasteiger charge is 2.32. The SMILES string of the molecule is CCC(C(=O)NC)N(CCc1ccccc1)C(=O)CN(c1cc(OC)ccc1OC)S(C)(=O)=O. The Morgan fingerprint density at radius 3 is 2.26 bits per heavy atom. The van der Waals surface area contributed by atoms with E-state index in [0.717, 1.165) is 16.1 Å². The molecule has 2 aromatic rings. The molecule has 0 aliphatic carbocycles. The van der Waals surface area contributed by atoms with Crippen molar-refractivity contribution in [2.45, 2.75) is 25.8 Å². The quantitative estimate of drug-likeness (QED) is 0.487. The van der Waals surface area contributed by atoms with E-state index in [-0.39, 0.29) is 23.9 Å². The lowest BCUT2D eigenvalue weighted by Gasteiger charge is -2.32. The van der Waals surface area contributed by atoms with Crippen LogP contribution in [0.4, 0.5) is 5.69 Å². The normalized spacial score (nSPS) is 11.9. The van der Waals surface area contributed by atoms with Gasteiger partial charge >= 0.3 is 0 Å². The molecule has 2 aromatic carbocycles. The standard InChI is InChI=1S/C24H33N3O6S/c1-6-20(24(29)25-2)26(15-14-18-10-8-7-9-11-18)23(28)17-27(34(5,30)31)21-16-19(32-3)12-13-22(21)33-4/h7-13,16,20H,6,14-15,17H2,1-5H3,(H,25,29). The summed E-state index contributed by atoms with van der Waals surface area (Å²) in [5.74, 6) is -0.127. The predicted molar refractivity (Wildman–Crippen MR) is 132 cm³/mol. The van der Waals surface area contributed by atoms with Gasteiger partial charge in [0.1, 0.15) is 24.1 Å². The zero-order valence-corrected chi connectivity index (χ0v) is 21.1. The molecule has 0 heterocycles. The minimum absolute atomic E-state index is 0.175. The molecule has 2 rings (SSSR count). The number of ether oxygens (including phenoxy) is 2. The van der Waals surface area contributed by atoms with Crippen LogP contribution in [0.25, 0.3) is 0 Å². The fraction of sp³-hybridized carbons (Fsp3) is 0.417. The third kappa shape index (κ3) is 6.86. The Morgan fingerprint density at radius 1 is 1.06 bits per heavy atom. The molecule has 9 nitrogen and oxygen atoms in total. The number of carbonyl (C=O) groups excluding carboxylic acids is 2. The van der Waals surface area contributed by atoms with Gasteiger partial charge < -0.3 is 19.7 Å². The molecule has 0 aliphatic rings. The van der Waals surface area contributed by atoms with Crippen LogP contribution in [0.15, 0.2) is 48.5 Å². The molecule has 1 unspecified atom stereocenters. The molecule has 34 heavy (non-hydrogen) atoms. The van der Waals surface area contributed by atoms with Crippen LogP contribution in [0.3, 0.4) is 0 Å². The zero-order valence-electron chi connectivity index (χ0n) is 20.3. The van der Waals surface area contributed by atoms with Crippen molar-refractivity contribution in [2.75, 3.05) is 44.9 Å². The molecule has 2 amide bonds. The van der Waals surface area contributed by atoms with E-state index in [0.29, 0.717) is 18.6 Å². The topological polar surface area (TPSA) is 105 Å². The maximum atomic E-state index is 13.5. The van der Waals surface area contributed by atoms with E-state index in [9.17, 15) is 18.0 Å². The number of benzene rings is 2. The molecule has 0 aliphatic heterocycles. The first-order valence-electron chi connectivity index (χ1n) is 10.9. The number of hydrogen-bond donors (Lipinski definition) is 1. The number of amides is 2. The van der Waals surface area contributed by atoms with E-state index >= 15 is 0 Å². The summed E-state index contributed by atoms with van der Waals surface area (Å²) in [5.41, 5.74) is 1.18. The lowest BCUT2D eigenvalue weighted by Crippen LogP contribution is -2.52. The second-order valence-corrected chi connectivity index (χ2v) is 9.58. The van der Waals surface area contributed by atoms with E-state index in [1.165, 1.54) is 32.2 Å². The van der Waals surface area contributed by atoms with Crippen molar-refractivity contribution in [1.29, 1.82) is 0 Å². The Morgan fingerprint density at radius 2 is 1.74 bits per heavy atom. The Kier molecular flexibility index (Phi) is 9.73. The van der Waals surface area contributed by atoms with Crippen LogP contribution in [-0.2, 0) is 26.0 Å². The molecule has 0 spiro atoms. The maximum Gasteiger partial charge on any atom is 0.244 e. The van der Waals surface area contributed by atoms with Crippen molar-refractivity contribution in [2.24, 2.45) is 0 Å². The van der Waals surface area contributed by atoms with Gasteiger partial charge in [0.25, 0.3) is 0 Å². The third-order valence-corrected chi connectivity index (χ3v) is 6.58. The monoisotopic (exact) mass is 491 g/mol. The minimum atomic E-state index is -3.88. The van der Waals surface area contributed by atoms with Crippen LogP contribution in [0.2, 0.25) is 0 Å². The van der Waals surface area contributed by atoms with Gasteiger partial charge in [-0.1, -0.05) is 37.3 Å². The van der Waals surface area contributed by atoms with Crippen molar-refractivity contribution in [3.05, 3.63) is 54.1 Å². The Hall–Kier alpha value is -3.27. The van der Waals surface area contributed by atoms with Gasteiger partial charge in [0.2, 0.25) is 21.8 Å². The highest BCUT2D eigenvalue weighted by Crippen LogP contribution is 2.33. The maximum absolute atomic E-state index is 13.5. The fourth-order valence-corrected chi connectivity index (χ4v) is 4.49. The van der Waals surface area contributed by atoms with E-state index in [4.69, 9.17) is 9.47 Å². The summed E-state index contributed by atoms with van der Waals surface area (Å²) in [6.07, 6.45) is 1.91. The molecule has 0 radical (unpaired) electrons. The highest BCUT2D eigenvalue weighted by atomic mass is 32.2. The Balaban J connectivity index is 2.43. The number of methoxy groups -OCH3 is 2. The number of carbonyl (C=O) groups is 2. The number of rotatable bonds is 12. The minimum Gasteiger partial charge on any atom is -0.497 e. The van der Waals surface area contributed by atoms with Gasteiger partial charge in [0.15, 0.2) is 0 Å². The van der Waals surface area contributed by atoms with Gasteiger partial charge in [0.05, 0.1) is 26.2 Å². The first kappa shape index (κ1) is 27.0. The highest BCUT2D eigenvalue weighted by molar-refractivity contribution is 7.92. The number of hydrogen-bond acceptors (Lipinski definition) is 6. The summed E-state index contributed by atoms with van der Waals surface area (Å²) < 4.78 is 37.0. The Labute approximate surface area is 201 Å². The molecule has 0 aromatic heterocycles. The lowest BCUT2D eigenvalue weighted by atomic mass is 10.1. The largest absolute Gasteiger partial charge is 0.497 e. The van der Waals surface area contributed by atoms with Gasteiger partial charge in [-0.2, -0.15) is 0 Å². The Bertz CT molecular complexity index is 1080. The number of nitrogens with zero attached hydrogens (tertiary/aromatic N) is 2. The first-order valence-corrected chi connectivity index (χ1v) is 12.8. The second-order valence-electron chi connectivity index (χ2n) is 7.67. The predicted octanol–water partition coefficient (Wildman–Crippen LogP) is 2.07. The molecule has 1 atom stereocenters. The summed E-state index contributed by atoms with van der Waals surface area (Å²) in [7, 11) is 0.504. The summed E-state index contributed by atoms with van der Waals surface area (Å²) in [4.78, 5) is 27.5. The molecule has 0 fully saturated rings. The average Bonchev–Trinajstić information content (AvgIpc) is 2.83. The molecule has 186 valence electrons. The second kappa shape index (κ2) is 12.3. The zero-order chi connectivity index (χ0) is 25.3. The van der Waals surface area contributed by atoms with Gasteiger partial charge in [-0.25, -0.2) is 8.42 Å². The summed E-state index contributed by atoms with van der Waals surface area (Å²) in [5, 5.41) is 2.60. The van der Waals surface area contributed by atoms with Crippen molar-refractivity contribution in [3.8, 4) is 11.5 Å². The van der Waals surface area contributed by atoms with Crippen LogP contribution in [0.5, 0.6) is 11.5 Å². The van der Waals surface area contributed by atoms with Gasteiger partial charge in [-0.3, -0.25) is 13.9 Å². The van der Waals surface area contributed by atoms with Crippen molar-refractivity contribution >= 4 is 27.5 Å². The molecule has 0 bridgehead atoms. The number of anilines is 1. The van der Waals surface area contributed by atoms with Gasteiger partial charge in [0, 0.05) is 19.7 Å². The molecular formula is C24H33N3O6S. The molecular weight excluding hydrogens is 458 g/mol. The van der Waals surface area contributed by atoms with Crippen LogP contribution in [-0.4, -0.2) is 71.8 Å². The van der Waals surface area contributed by atoms with Crippen LogP contribution < -0.4 is 19.1 Å². The van der Waals surface area contributed by atoms with E-state index < -0.39 is 28.5 Å². The smallest absolute Gasteiger partial charge is 0.244 e. The van der Waals surface area contributed by atoms with Crippen LogP contribution in [0, 0.1) is 0 Å². The fourth-order valence-electron chi connectivity index (χ4n) is 3.65. The molecule has 10 heteroatoms. The van der Waals surface area contributed by atoms with E-state index in [2.05, 4.69) is 5.32 Å². The van der Waals surface area contributed by atoms with Crippen molar-refractivity contribution < 1.29 is 27.5 Å². The van der Waals surface area contributed by atoms with Crippen LogP contribution in [0.1, 0.15) is 18.9 Å². The molecule has 0 saturated carbocycles. The molecule has 1 N–H and O–H groups in total. The van der Waals surface area contributed by atoms with E-state index in [1.807, 2.05) is 37.3 Å². The summed E-state index contributed by atoms with van der Waals surface area (Å²) in [6, 6.07) is 13.5. The summed E-state index contributed by atoms with van der Waals surface area (Å²) >= 11 is 0. The van der Waals surface area contributed by atoms with Gasteiger partial charge in [-0.15, -0.1) is 0 Å². The first-order chi connectivity index (χ1) is 16.2. The van der Waals surface area contributed by atoms with Crippen LogP contribution >= 0.6 is 0 Å². The average molecular weight is 492 g/mol. The van der Waals surface area contributed by atoms with Gasteiger partial charge in [-0.05, 0) is 30.5 Å².